The molecule has 0 aromatic rings. The predicted molar refractivity (Wildman–Crippen MR) is 83.7 cm³/mol. The quantitative estimate of drug-likeness (QED) is 0.813. The maximum absolute atomic E-state index is 9.62. The number of aliphatic hydroxyl groups is 1. The van der Waals surface area contributed by atoms with Gasteiger partial charge in [-0.2, -0.15) is 0 Å². The molecule has 0 unspecified atom stereocenters. The third-order valence-corrected chi connectivity index (χ3v) is 6.05. The molecule has 4 nitrogen and oxygen atoms in total. The average molecular weight is 312 g/mol. The molecule has 5 atom stereocenters. The second-order valence-corrected chi connectivity index (χ2v) is 13.3. The van der Waals surface area contributed by atoms with E-state index in [-0.39, 0.29) is 30.3 Å². The zero-order valence-corrected chi connectivity index (χ0v) is 14.6. The number of hydrogen-bond acceptors (Lipinski definition) is 4. The van der Waals surface area contributed by atoms with Crippen molar-refractivity contribution < 1.29 is 19.3 Å². The van der Waals surface area contributed by atoms with Gasteiger partial charge in [-0.15, -0.1) is 0 Å². The van der Waals surface area contributed by atoms with E-state index >= 15 is 0 Å². The zero-order valence-electron chi connectivity index (χ0n) is 13.6. The Morgan fingerprint density at radius 1 is 1.29 bits per heavy atom. The van der Waals surface area contributed by atoms with Crippen LogP contribution in [-0.2, 0) is 14.2 Å². The zero-order chi connectivity index (χ0) is 15.3. The Morgan fingerprint density at radius 3 is 2.71 bits per heavy atom. The summed E-state index contributed by atoms with van der Waals surface area (Å²) in [7, 11) is -1.19. The molecule has 1 spiro atoms. The van der Waals surface area contributed by atoms with Crippen molar-refractivity contribution in [1.82, 2.24) is 0 Å². The van der Waals surface area contributed by atoms with Crippen LogP contribution in [0.25, 0.3) is 0 Å². The molecule has 0 aliphatic carbocycles. The van der Waals surface area contributed by atoms with Crippen LogP contribution in [0.15, 0.2) is 11.8 Å². The SMILES string of the molecule is C[C@@]1(CO)CO[C@@H]2C[C@]3(CC[C@@H](/C=C/[Si](C)(C)C)O3)O[C@@H]21. The summed E-state index contributed by atoms with van der Waals surface area (Å²) in [5, 5.41) is 9.62. The van der Waals surface area contributed by atoms with E-state index in [0.717, 1.165) is 19.3 Å². The van der Waals surface area contributed by atoms with Crippen LogP contribution in [0.4, 0.5) is 0 Å². The van der Waals surface area contributed by atoms with Gasteiger partial charge in [-0.25, -0.2) is 0 Å². The summed E-state index contributed by atoms with van der Waals surface area (Å²) in [6.07, 6.45) is 5.15. The van der Waals surface area contributed by atoms with Crippen LogP contribution in [0.1, 0.15) is 26.2 Å². The van der Waals surface area contributed by atoms with Crippen LogP contribution in [0.3, 0.4) is 0 Å². The molecular formula is C16H28O4Si. The first-order chi connectivity index (χ1) is 9.75. The lowest BCUT2D eigenvalue weighted by molar-refractivity contribution is -0.226. The van der Waals surface area contributed by atoms with Gasteiger partial charge in [0.1, 0.15) is 0 Å². The van der Waals surface area contributed by atoms with Crippen LogP contribution < -0.4 is 0 Å². The Labute approximate surface area is 128 Å². The van der Waals surface area contributed by atoms with E-state index < -0.39 is 13.9 Å². The fourth-order valence-corrected chi connectivity index (χ4v) is 4.34. The fourth-order valence-electron chi connectivity index (χ4n) is 3.55. The summed E-state index contributed by atoms with van der Waals surface area (Å²) in [5.74, 6) is -0.485. The molecule has 3 heterocycles. The van der Waals surface area contributed by atoms with Gasteiger partial charge in [0, 0.05) is 18.3 Å². The van der Waals surface area contributed by atoms with Crippen LogP contribution in [0, 0.1) is 5.41 Å². The van der Waals surface area contributed by atoms with E-state index in [0.29, 0.717) is 6.61 Å². The molecule has 0 saturated carbocycles. The minimum atomic E-state index is -1.19. The van der Waals surface area contributed by atoms with Crippen molar-refractivity contribution in [3.05, 3.63) is 11.8 Å². The average Bonchev–Trinajstić information content (AvgIpc) is 3.05. The number of ether oxygens (including phenoxy) is 3. The molecule has 21 heavy (non-hydrogen) atoms. The first-order valence-electron chi connectivity index (χ1n) is 8.03. The smallest absolute Gasteiger partial charge is 0.172 e. The van der Waals surface area contributed by atoms with Crippen molar-refractivity contribution in [3.63, 3.8) is 0 Å². The highest BCUT2D eigenvalue weighted by Gasteiger charge is 2.60. The summed E-state index contributed by atoms with van der Waals surface area (Å²) in [6, 6.07) is 0. The minimum absolute atomic E-state index is 0.0396. The van der Waals surface area contributed by atoms with Crippen LogP contribution in [-0.4, -0.2) is 50.5 Å². The van der Waals surface area contributed by atoms with Crippen molar-refractivity contribution >= 4 is 8.07 Å². The lowest BCUT2D eigenvalue weighted by Crippen LogP contribution is -2.39. The molecule has 0 bridgehead atoms. The molecule has 3 aliphatic rings. The van der Waals surface area contributed by atoms with Crippen molar-refractivity contribution in [2.45, 2.75) is 69.9 Å². The highest BCUT2D eigenvalue weighted by Crippen LogP contribution is 2.50. The standard InChI is InChI=1S/C16H28O4Si/c1-15(10-17)11-18-13-9-16(20-14(13)15)7-5-12(19-16)6-8-21(2,3)4/h6,8,12-14,17H,5,7,9-11H2,1-4H3/b8-6+/t12-,13+,14-,15+,16-/m0/s1. The lowest BCUT2D eigenvalue weighted by Gasteiger charge is -2.30. The fraction of sp³-hybridized carbons (Fsp3) is 0.875. The van der Waals surface area contributed by atoms with Gasteiger partial charge in [-0.3, -0.25) is 0 Å². The van der Waals surface area contributed by atoms with E-state index in [4.69, 9.17) is 14.2 Å². The van der Waals surface area contributed by atoms with Crippen molar-refractivity contribution in [3.8, 4) is 0 Å². The molecule has 3 fully saturated rings. The molecule has 0 aromatic carbocycles. The summed E-state index contributed by atoms with van der Waals surface area (Å²) in [6.45, 7) is 9.69. The Kier molecular flexibility index (Phi) is 3.86. The molecule has 0 amide bonds. The lowest BCUT2D eigenvalue weighted by atomic mass is 9.86. The molecule has 5 heteroatoms. The van der Waals surface area contributed by atoms with Crippen molar-refractivity contribution in [1.29, 1.82) is 0 Å². The Balaban J connectivity index is 1.66. The van der Waals surface area contributed by atoms with Gasteiger partial charge >= 0.3 is 0 Å². The molecule has 3 aliphatic heterocycles. The van der Waals surface area contributed by atoms with Crippen LogP contribution in [0.2, 0.25) is 19.6 Å². The van der Waals surface area contributed by atoms with E-state index in [1.54, 1.807) is 0 Å². The molecule has 3 saturated heterocycles. The predicted octanol–water partition coefficient (Wildman–Crippen LogP) is 2.48. The summed E-state index contributed by atoms with van der Waals surface area (Å²) in [4.78, 5) is 0. The largest absolute Gasteiger partial charge is 0.396 e. The third-order valence-electron chi connectivity index (χ3n) is 4.85. The van der Waals surface area contributed by atoms with Crippen LogP contribution in [0.5, 0.6) is 0 Å². The van der Waals surface area contributed by atoms with Gasteiger partial charge in [-0.05, 0) is 6.42 Å². The maximum Gasteiger partial charge on any atom is 0.172 e. The van der Waals surface area contributed by atoms with E-state index in [2.05, 4.69) is 31.4 Å². The summed E-state index contributed by atoms with van der Waals surface area (Å²) < 4.78 is 18.3. The molecule has 1 N–H and O–H groups in total. The molecule has 0 radical (unpaired) electrons. The number of rotatable bonds is 3. The van der Waals surface area contributed by atoms with Gasteiger partial charge in [-0.1, -0.05) is 38.3 Å². The Bertz CT molecular complexity index is 432. The third kappa shape index (κ3) is 2.99. The van der Waals surface area contributed by atoms with E-state index in [1.165, 1.54) is 0 Å². The van der Waals surface area contributed by atoms with Gasteiger partial charge in [0.25, 0.3) is 0 Å². The molecule has 3 rings (SSSR count). The Hall–Kier alpha value is -0.203. The van der Waals surface area contributed by atoms with Gasteiger partial charge in [0.2, 0.25) is 0 Å². The maximum atomic E-state index is 9.62. The Morgan fingerprint density at radius 2 is 2.05 bits per heavy atom. The van der Waals surface area contributed by atoms with Crippen LogP contribution >= 0.6 is 0 Å². The topological polar surface area (TPSA) is 47.9 Å². The first-order valence-corrected chi connectivity index (χ1v) is 11.6. The second-order valence-electron chi connectivity index (χ2n) is 8.23. The minimum Gasteiger partial charge on any atom is -0.396 e. The summed E-state index contributed by atoms with van der Waals surface area (Å²) >= 11 is 0. The molecule has 0 aromatic heterocycles. The van der Waals surface area contributed by atoms with Crippen molar-refractivity contribution in [2.75, 3.05) is 13.2 Å². The van der Waals surface area contributed by atoms with Gasteiger partial charge in [0.15, 0.2) is 5.79 Å². The molecule has 120 valence electrons. The summed E-state index contributed by atoms with van der Waals surface area (Å²) in [5.41, 5.74) is 2.06. The highest BCUT2D eigenvalue weighted by molar-refractivity contribution is 6.80. The van der Waals surface area contributed by atoms with E-state index in [1.807, 2.05) is 6.92 Å². The van der Waals surface area contributed by atoms with Gasteiger partial charge < -0.3 is 19.3 Å². The van der Waals surface area contributed by atoms with E-state index in [9.17, 15) is 5.11 Å². The van der Waals surface area contributed by atoms with Crippen molar-refractivity contribution in [2.24, 2.45) is 5.41 Å². The van der Waals surface area contributed by atoms with Gasteiger partial charge in [0.05, 0.1) is 39.6 Å². The first kappa shape index (κ1) is 15.7. The monoisotopic (exact) mass is 312 g/mol. The number of aliphatic hydroxyl groups excluding tert-OH is 1. The molecular weight excluding hydrogens is 284 g/mol. The second kappa shape index (κ2) is 5.17. The highest BCUT2D eigenvalue weighted by atomic mass is 28.3. The normalized spacial score (nSPS) is 46.8. The number of hydrogen-bond donors (Lipinski definition) is 1. The number of fused-ring (bicyclic) bond motifs is 1.